The lowest BCUT2D eigenvalue weighted by molar-refractivity contribution is -0.127. The van der Waals surface area contributed by atoms with Gasteiger partial charge in [0, 0.05) is 12.8 Å². The first-order valence-corrected chi connectivity index (χ1v) is 5.68. The van der Waals surface area contributed by atoms with Crippen LogP contribution in [-0.4, -0.2) is 17.2 Å². The lowest BCUT2D eigenvalue weighted by Gasteiger charge is -2.25. The maximum atomic E-state index is 11.9. The third-order valence-corrected chi connectivity index (χ3v) is 3.55. The van der Waals surface area contributed by atoms with Crippen molar-refractivity contribution in [2.45, 2.75) is 44.6 Å². The molecule has 1 aliphatic heterocycles. The van der Waals surface area contributed by atoms with Gasteiger partial charge >= 0.3 is 0 Å². The van der Waals surface area contributed by atoms with Crippen LogP contribution in [0.3, 0.4) is 0 Å². The van der Waals surface area contributed by atoms with E-state index >= 15 is 0 Å². The van der Waals surface area contributed by atoms with Crippen LogP contribution in [0.4, 0.5) is 0 Å². The van der Waals surface area contributed by atoms with Crippen LogP contribution >= 0.6 is 0 Å². The van der Waals surface area contributed by atoms with Crippen LogP contribution in [-0.2, 0) is 9.59 Å². The highest BCUT2D eigenvalue weighted by Crippen LogP contribution is 2.41. The minimum absolute atomic E-state index is 0.0398. The third-order valence-electron chi connectivity index (χ3n) is 3.55. The zero-order valence-electron chi connectivity index (χ0n) is 9.08. The molecule has 82 valence electrons. The summed E-state index contributed by atoms with van der Waals surface area (Å²) in [6.45, 7) is 2.06. The molecule has 0 radical (unpaired) electrons. The van der Waals surface area contributed by atoms with Crippen molar-refractivity contribution >= 4 is 11.7 Å². The van der Waals surface area contributed by atoms with Gasteiger partial charge in [0.1, 0.15) is 5.54 Å². The quantitative estimate of drug-likeness (QED) is 0.714. The summed E-state index contributed by atoms with van der Waals surface area (Å²) in [6, 6.07) is 0. The number of carbonyl (C=O) groups excluding carboxylic acids is 2. The molecular weight excluding hydrogens is 190 g/mol. The maximum Gasteiger partial charge on any atom is 0.221 e. The number of rotatable bonds is 3. The Morgan fingerprint density at radius 1 is 1.47 bits per heavy atom. The van der Waals surface area contributed by atoms with E-state index in [0.717, 1.165) is 12.8 Å². The molecule has 1 saturated heterocycles. The molecule has 0 aromatic carbocycles. The van der Waals surface area contributed by atoms with E-state index in [2.05, 4.69) is 18.3 Å². The monoisotopic (exact) mass is 207 g/mol. The Labute approximate surface area is 89.9 Å². The number of allylic oxidation sites excluding steroid dienone is 1. The summed E-state index contributed by atoms with van der Waals surface area (Å²) < 4.78 is 0. The largest absolute Gasteiger partial charge is 0.343 e. The van der Waals surface area contributed by atoms with Crippen molar-refractivity contribution in [1.82, 2.24) is 5.32 Å². The molecule has 2 fully saturated rings. The second kappa shape index (κ2) is 3.80. The van der Waals surface area contributed by atoms with Crippen molar-refractivity contribution in [2.24, 2.45) is 5.92 Å². The minimum Gasteiger partial charge on any atom is -0.343 e. The molecule has 0 bridgehead atoms. The van der Waals surface area contributed by atoms with Crippen LogP contribution in [0.2, 0.25) is 0 Å². The molecule has 1 heterocycles. The average molecular weight is 207 g/mol. The second-order valence-corrected chi connectivity index (χ2v) is 4.47. The van der Waals surface area contributed by atoms with Crippen LogP contribution in [0.1, 0.15) is 39.0 Å². The summed E-state index contributed by atoms with van der Waals surface area (Å²) in [5, 5.41) is 2.90. The summed E-state index contributed by atoms with van der Waals surface area (Å²) >= 11 is 0. The molecule has 15 heavy (non-hydrogen) atoms. The maximum absolute atomic E-state index is 11.9. The third kappa shape index (κ3) is 1.60. The molecule has 1 saturated carbocycles. The fourth-order valence-electron chi connectivity index (χ4n) is 2.74. The van der Waals surface area contributed by atoms with Crippen molar-refractivity contribution < 1.29 is 9.59 Å². The molecular formula is C12H17NO2. The average Bonchev–Trinajstić information content (AvgIpc) is 2.65. The lowest BCUT2D eigenvalue weighted by Crippen LogP contribution is -2.48. The number of Topliss-reactive ketones (excluding diaryl/α,β-unsaturated/α-hetero) is 1. The molecule has 1 aliphatic carbocycles. The van der Waals surface area contributed by atoms with Crippen molar-refractivity contribution in [3.63, 3.8) is 0 Å². The zero-order valence-corrected chi connectivity index (χ0v) is 9.08. The lowest BCUT2D eigenvalue weighted by atomic mass is 9.85. The summed E-state index contributed by atoms with van der Waals surface area (Å²) in [6.07, 6.45) is 7.77. The molecule has 3 heteroatoms. The molecule has 2 atom stereocenters. The Morgan fingerprint density at radius 3 is 3.00 bits per heavy atom. The number of hydrogen-bond donors (Lipinski definition) is 1. The SMILES string of the molecule is CC/C=C\C[C@@]12NC(=O)C[C@@H]1CCC2=O. The summed E-state index contributed by atoms with van der Waals surface area (Å²) in [5.74, 6) is 0.496. The van der Waals surface area contributed by atoms with Crippen LogP contribution in [0.25, 0.3) is 0 Å². The van der Waals surface area contributed by atoms with Gasteiger partial charge in [-0.2, -0.15) is 0 Å². The van der Waals surface area contributed by atoms with Crippen LogP contribution in [0.15, 0.2) is 12.2 Å². The minimum atomic E-state index is -0.539. The Morgan fingerprint density at radius 2 is 2.27 bits per heavy atom. The normalized spacial score (nSPS) is 34.9. The van der Waals surface area contributed by atoms with Gasteiger partial charge in [0.15, 0.2) is 5.78 Å². The molecule has 1 amide bonds. The Hall–Kier alpha value is -1.12. The summed E-state index contributed by atoms with van der Waals surface area (Å²) in [7, 11) is 0. The van der Waals surface area contributed by atoms with E-state index < -0.39 is 5.54 Å². The van der Waals surface area contributed by atoms with Gasteiger partial charge in [0.05, 0.1) is 0 Å². The van der Waals surface area contributed by atoms with E-state index in [-0.39, 0.29) is 17.6 Å². The molecule has 2 rings (SSSR count). The Bertz CT molecular complexity index is 322. The van der Waals surface area contributed by atoms with Crippen molar-refractivity contribution in [3.05, 3.63) is 12.2 Å². The molecule has 0 spiro atoms. The van der Waals surface area contributed by atoms with Crippen molar-refractivity contribution in [3.8, 4) is 0 Å². The van der Waals surface area contributed by atoms with Gasteiger partial charge in [-0.25, -0.2) is 0 Å². The van der Waals surface area contributed by atoms with E-state index in [0.29, 0.717) is 19.3 Å². The second-order valence-electron chi connectivity index (χ2n) is 4.47. The highest BCUT2D eigenvalue weighted by atomic mass is 16.2. The molecule has 2 aliphatic rings. The summed E-state index contributed by atoms with van der Waals surface area (Å²) in [5.41, 5.74) is -0.539. The van der Waals surface area contributed by atoms with E-state index in [1.807, 2.05) is 6.08 Å². The van der Waals surface area contributed by atoms with E-state index in [9.17, 15) is 9.59 Å². The standard InChI is InChI=1S/C12H17NO2/c1-2-3-4-7-12-9(5-6-10(12)14)8-11(15)13-12/h3-4,9H,2,5-8H2,1H3,(H,13,15)/b4-3-/t9-,12+/m0/s1. The predicted molar refractivity (Wildman–Crippen MR) is 57.3 cm³/mol. The van der Waals surface area contributed by atoms with E-state index in [1.54, 1.807) is 0 Å². The molecule has 0 unspecified atom stereocenters. The van der Waals surface area contributed by atoms with Gasteiger partial charge in [-0.15, -0.1) is 0 Å². The smallest absolute Gasteiger partial charge is 0.221 e. The Kier molecular flexibility index (Phi) is 2.63. The van der Waals surface area contributed by atoms with Crippen LogP contribution in [0, 0.1) is 5.92 Å². The topological polar surface area (TPSA) is 46.2 Å². The van der Waals surface area contributed by atoms with Crippen molar-refractivity contribution in [1.29, 1.82) is 0 Å². The molecule has 0 aromatic rings. The van der Waals surface area contributed by atoms with E-state index in [4.69, 9.17) is 0 Å². The first-order valence-electron chi connectivity index (χ1n) is 5.68. The first kappa shape index (κ1) is 10.4. The van der Waals surface area contributed by atoms with Gasteiger partial charge in [0.2, 0.25) is 5.91 Å². The van der Waals surface area contributed by atoms with Gasteiger partial charge in [0.25, 0.3) is 0 Å². The number of hydrogen-bond acceptors (Lipinski definition) is 2. The van der Waals surface area contributed by atoms with E-state index in [1.165, 1.54) is 0 Å². The molecule has 1 N–H and O–H groups in total. The molecule has 3 nitrogen and oxygen atoms in total. The number of nitrogens with one attached hydrogen (secondary N) is 1. The first-order chi connectivity index (χ1) is 7.19. The fraction of sp³-hybridized carbons (Fsp3) is 0.667. The van der Waals surface area contributed by atoms with Gasteiger partial charge in [-0.05, 0) is 25.2 Å². The highest BCUT2D eigenvalue weighted by molar-refractivity contribution is 5.98. The fourth-order valence-corrected chi connectivity index (χ4v) is 2.74. The van der Waals surface area contributed by atoms with Gasteiger partial charge < -0.3 is 5.32 Å². The zero-order chi connectivity index (χ0) is 10.9. The van der Waals surface area contributed by atoms with Crippen LogP contribution < -0.4 is 5.32 Å². The highest BCUT2D eigenvalue weighted by Gasteiger charge is 2.54. The number of amides is 1. The predicted octanol–water partition coefficient (Wildman–Crippen LogP) is 1.58. The van der Waals surface area contributed by atoms with Crippen molar-refractivity contribution in [2.75, 3.05) is 0 Å². The number of fused-ring (bicyclic) bond motifs is 1. The Balaban J connectivity index is 2.17. The van der Waals surface area contributed by atoms with Gasteiger partial charge in [-0.3, -0.25) is 9.59 Å². The van der Waals surface area contributed by atoms with Gasteiger partial charge in [-0.1, -0.05) is 19.1 Å². The molecule has 0 aromatic heterocycles. The number of ketones is 1. The van der Waals surface area contributed by atoms with Crippen LogP contribution in [0.5, 0.6) is 0 Å². The number of carbonyl (C=O) groups is 2. The summed E-state index contributed by atoms with van der Waals surface area (Å²) in [4.78, 5) is 23.2.